The minimum Gasteiger partial charge on any atom is -0.304 e. The van der Waals surface area contributed by atoms with Crippen molar-refractivity contribution in [2.75, 3.05) is 5.01 Å². The maximum Gasteiger partial charge on any atom is 0.125 e. The second-order valence-corrected chi connectivity index (χ2v) is 14.8. The van der Waals surface area contributed by atoms with E-state index in [1.54, 1.807) is 0 Å². The highest BCUT2D eigenvalue weighted by Gasteiger charge is 2.53. The van der Waals surface area contributed by atoms with Gasteiger partial charge in [-0.3, -0.25) is 5.01 Å². The van der Waals surface area contributed by atoms with Gasteiger partial charge in [-0.2, -0.15) is 5.10 Å². The first kappa shape index (κ1) is 26.5. The van der Waals surface area contributed by atoms with E-state index in [0.29, 0.717) is 0 Å². The highest BCUT2D eigenvalue weighted by atomic mass is 31.1. The lowest BCUT2D eigenvalue weighted by molar-refractivity contribution is 0.472. The highest BCUT2D eigenvalue weighted by molar-refractivity contribution is 7.60. The van der Waals surface area contributed by atoms with Gasteiger partial charge in [0.15, 0.2) is 0 Å². The molecule has 0 amide bonds. The van der Waals surface area contributed by atoms with Crippen LogP contribution in [0.5, 0.6) is 0 Å². The van der Waals surface area contributed by atoms with Gasteiger partial charge >= 0.3 is 0 Å². The summed E-state index contributed by atoms with van der Waals surface area (Å²) in [7, 11) is -0.408. The van der Waals surface area contributed by atoms with Crippen LogP contribution in [0.3, 0.4) is 0 Å². The molecular weight excluding hydrogens is 519 g/mol. The van der Waals surface area contributed by atoms with Gasteiger partial charge in [-0.15, -0.1) is 0 Å². The van der Waals surface area contributed by atoms with E-state index >= 15 is 0 Å². The summed E-state index contributed by atoms with van der Waals surface area (Å²) in [5.41, 5.74) is 11.2. The van der Waals surface area contributed by atoms with Gasteiger partial charge in [0.25, 0.3) is 0 Å². The maximum absolute atomic E-state index is 5.25. The second-order valence-electron chi connectivity index (χ2n) is 11.9. The van der Waals surface area contributed by atoms with Crippen molar-refractivity contribution in [2.45, 2.75) is 80.8 Å². The zero-order valence-electron chi connectivity index (χ0n) is 23.9. The molecule has 1 aliphatic heterocycles. The molecular formula is C36H41N4P. The average molecular weight is 561 g/mol. The number of hydrogen-bond donors (Lipinski definition) is 1. The molecule has 1 aromatic heterocycles. The summed E-state index contributed by atoms with van der Waals surface area (Å²) in [5.74, 6) is 0. The lowest BCUT2D eigenvalue weighted by Gasteiger charge is -2.52. The van der Waals surface area contributed by atoms with E-state index in [0.717, 1.165) is 34.0 Å². The van der Waals surface area contributed by atoms with Crippen LogP contribution in [0.25, 0.3) is 16.9 Å². The van der Waals surface area contributed by atoms with Crippen LogP contribution < -0.4 is 10.4 Å². The molecule has 210 valence electrons. The summed E-state index contributed by atoms with van der Waals surface area (Å²) in [6.07, 6.45) is 20.8. The molecule has 7 rings (SSSR count). The number of hydrogen-bond acceptors (Lipinski definition) is 3. The Labute approximate surface area is 246 Å². The summed E-state index contributed by atoms with van der Waals surface area (Å²) in [6.45, 7) is 0. The van der Waals surface area contributed by atoms with Crippen molar-refractivity contribution in [3.8, 4) is 16.9 Å². The van der Waals surface area contributed by atoms with Gasteiger partial charge < -0.3 is 5.43 Å². The third-order valence-corrected chi connectivity index (χ3v) is 13.4. The number of nitrogens with one attached hydrogen (secondary N) is 1. The molecule has 0 spiro atoms. The molecule has 2 saturated carbocycles. The van der Waals surface area contributed by atoms with Crippen LogP contribution in [0.15, 0.2) is 109 Å². The fraction of sp³-hybridized carbons (Fsp3) is 0.361. The van der Waals surface area contributed by atoms with Crippen molar-refractivity contribution in [3.05, 3.63) is 115 Å². The zero-order chi connectivity index (χ0) is 27.5. The van der Waals surface area contributed by atoms with Crippen molar-refractivity contribution in [1.29, 1.82) is 0 Å². The van der Waals surface area contributed by atoms with E-state index in [1.165, 1.54) is 69.8 Å². The summed E-state index contributed by atoms with van der Waals surface area (Å²) in [5, 5.41) is 7.56. The molecule has 2 heterocycles. The Bertz CT molecular complexity index is 1420. The fourth-order valence-electron chi connectivity index (χ4n) is 7.53. The molecule has 4 nitrogen and oxygen atoms in total. The number of nitrogens with zero attached hydrogens (tertiary/aromatic N) is 3. The SMILES string of the molecule is C1=CC(c2ccccc2)(P(C2CCCCC2)C2CCCCC2)N(c2cn(-c3ccccc3)nc2-c2ccccc2)N1. The summed E-state index contributed by atoms with van der Waals surface area (Å²) < 4.78 is 2.07. The van der Waals surface area contributed by atoms with E-state index in [9.17, 15) is 0 Å². The summed E-state index contributed by atoms with van der Waals surface area (Å²) in [6, 6.07) is 32.7. The van der Waals surface area contributed by atoms with Gasteiger partial charge in [0, 0.05) is 11.8 Å². The van der Waals surface area contributed by atoms with Crippen LogP contribution in [-0.2, 0) is 5.28 Å². The van der Waals surface area contributed by atoms with Gasteiger partial charge in [-0.25, -0.2) is 4.68 Å². The van der Waals surface area contributed by atoms with Crippen LogP contribution >= 0.6 is 7.92 Å². The Hall–Kier alpha value is -3.36. The molecule has 1 N–H and O–H groups in total. The van der Waals surface area contributed by atoms with E-state index in [1.807, 2.05) is 0 Å². The number of rotatable bonds is 7. The van der Waals surface area contributed by atoms with Crippen LogP contribution in [-0.4, -0.2) is 21.1 Å². The molecule has 2 aliphatic carbocycles. The molecule has 41 heavy (non-hydrogen) atoms. The third kappa shape index (κ3) is 5.01. The predicted molar refractivity (Wildman–Crippen MR) is 173 cm³/mol. The van der Waals surface area contributed by atoms with Crippen LogP contribution in [0.4, 0.5) is 5.69 Å². The van der Waals surface area contributed by atoms with E-state index < -0.39 is 7.92 Å². The molecule has 1 unspecified atom stereocenters. The highest BCUT2D eigenvalue weighted by Crippen LogP contribution is 2.70. The van der Waals surface area contributed by atoms with Crippen LogP contribution in [0, 0.1) is 0 Å². The molecule has 3 aliphatic rings. The minimum atomic E-state index is -0.408. The van der Waals surface area contributed by atoms with Crippen molar-refractivity contribution in [2.24, 2.45) is 0 Å². The predicted octanol–water partition coefficient (Wildman–Crippen LogP) is 9.38. The lowest BCUT2D eigenvalue weighted by atomic mass is 9.99. The molecule has 0 radical (unpaired) electrons. The Morgan fingerprint density at radius 2 is 1.24 bits per heavy atom. The van der Waals surface area contributed by atoms with Gasteiger partial charge in [0.05, 0.1) is 11.9 Å². The van der Waals surface area contributed by atoms with Crippen molar-refractivity contribution >= 4 is 13.6 Å². The van der Waals surface area contributed by atoms with Gasteiger partial charge in [-0.1, -0.05) is 125 Å². The maximum atomic E-state index is 5.25. The first-order valence-corrected chi connectivity index (χ1v) is 17.1. The topological polar surface area (TPSA) is 33.1 Å². The molecule has 1 atom stereocenters. The Morgan fingerprint density at radius 1 is 0.683 bits per heavy atom. The standard InChI is InChI=1S/C36H41N4P/c1-6-16-29(17-7-1)35-34(28-39(38-35)31-20-10-3-11-21-31)40-36(26-27-37-40,30-18-8-2-9-19-30)41(32-22-12-4-13-23-32)33-24-14-5-15-25-33/h1-3,6-11,16-21,26-28,32-33,37H,4-5,12-15,22-25H2. The largest absolute Gasteiger partial charge is 0.304 e. The molecule has 5 heteroatoms. The lowest BCUT2D eigenvalue weighted by Crippen LogP contribution is -2.49. The van der Waals surface area contributed by atoms with Crippen LogP contribution in [0.1, 0.15) is 69.8 Å². The van der Waals surface area contributed by atoms with E-state index in [-0.39, 0.29) is 5.28 Å². The summed E-state index contributed by atoms with van der Waals surface area (Å²) >= 11 is 0. The minimum absolute atomic E-state index is 0.227. The average Bonchev–Trinajstić information content (AvgIpc) is 3.69. The fourth-order valence-corrected chi connectivity index (χ4v) is 12.2. The molecule has 0 saturated heterocycles. The van der Waals surface area contributed by atoms with E-state index in [4.69, 9.17) is 5.10 Å². The first-order valence-electron chi connectivity index (χ1n) is 15.6. The first-order chi connectivity index (χ1) is 20.3. The number of aromatic nitrogens is 2. The quantitative estimate of drug-likeness (QED) is 0.229. The smallest absolute Gasteiger partial charge is 0.125 e. The van der Waals surface area contributed by atoms with E-state index in [2.05, 4.69) is 125 Å². The van der Waals surface area contributed by atoms with Gasteiger partial charge in [-0.05, 0) is 60.8 Å². The van der Waals surface area contributed by atoms with Crippen molar-refractivity contribution in [1.82, 2.24) is 15.2 Å². The van der Waals surface area contributed by atoms with Crippen LogP contribution in [0.2, 0.25) is 0 Å². The number of hydrazine groups is 1. The molecule has 2 fully saturated rings. The molecule has 3 aromatic carbocycles. The zero-order valence-corrected chi connectivity index (χ0v) is 24.8. The number of para-hydroxylation sites is 1. The third-order valence-electron chi connectivity index (χ3n) is 9.39. The second kappa shape index (κ2) is 11.9. The Balaban J connectivity index is 1.43. The Morgan fingerprint density at radius 3 is 1.85 bits per heavy atom. The summed E-state index contributed by atoms with van der Waals surface area (Å²) in [4.78, 5) is 0. The number of anilines is 1. The monoisotopic (exact) mass is 560 g/mol. The van der Waals surface area contributed by atoms with Gasteiger partial charge in [0.1, 0.15) is 16.7 Å². The Kier molecular flexibility index (Phi) is 7.68. The molecule has 0 bridgehead atoms. The molecule has 4 aromatic rings. The number of benzene rings is 3. The normalized spacial score (nSPS) is 21.8. The van der Waals surface area contributed by atoms with Gasteiger partial charge in [0.2, 0.25) is 0 Å². The van der Waals surface area contributed by atoms with Crippen molar-refractivity contribution in [3.63, 3.8) is 0 Å². The van der Waals surface area contributed by atoms with Crippen molar-refractivity contribution < 1.29 is 0 Å².